The first-order chi connectivity index (χ1) is 14.3. The molecule has 6 nitrogen and oxygen atoms in total. The van der Waals surface area contributed by atoms with Gasteiger partial charge in [-0.25, -0.2) is 0 Å². The van der Waals surface area contributed by atoms with Gasteiger partial charge in [0.1, 0.15) is 11.8 Å². The summed E-state index contributed by atoms with van der Waals surface area (Å²) >= 11 is 0. The number of benzene rings is 1. The molecule has 154 valence electrons. The van der Waals surface area contributed by atoms with Crippen molar-refractivity contribution in [3.05, 3.63) is 60.1 Å². The molecule has 0 N–H and O–H groups in total. The minimum absolute atomic E-state index is 0.0694. The highest BCUT2D eigenvalue weighted by atomic mass is 16.5. The van der Waals surface area contributed by atoms with E-state index in [1.165, 1.54) is 13.4 Å². The van der Waals surface area contributed by atoms with Crippen molar-refractivity contribution in [1.82, 2.24) is 0 Å². The van der Waals surface area contributed by atoms with Crippen molar-refractivity contribution in [3.63, 3.8) is 0 Å². The molecule has 4 atom stereocenters. The van der Waals surface area contributed by atoms with Gasteiger partial charge in [-0.1, -0.05) is 51.1 Å². The number of ether oxygens (including phenoxy) is 1. The number of Topliss-reactive ketones (excluding diaryl/α,β-unsaturated/α-hetero) is 1. The molecule has 0 spiro atoms. The number of fused-ring (bicyclic) bond motifs is 3. The summed E-state index contributed by atoms with van der Waals surface area (Å²) in [5.74, 6) is -1.14. The Hall–Kier alpha value is -3.33. The fourth-order valence-corrected chi connectivity index (χ4v) is 4.76. The van der Waals surface area contributed by atoms with Crippen molar-refractivity contribution in [2.24, 2.45) is 10.8 Å². The molecule has 0 radical (unpaired) electrons. The predicted octanol–water partition coefficient (Wildman–Crippen LogP) is 3.95. The number of hydrogen-bond acceptors (Lipinski definition) is 6. The summed E-state index contributed by atoms with van der Waals surface area (Å²) in [5.41, 5.74) is -0.595. The summed E-state index contributed by atoms with van der Waals surface area (Å²) in [5, 5.41) is 10.4. The van der Waals surface area contributed by atoms with E-state index < -0.39 is 34.8 Å². The van der Waals surface area contributed by atoms with Crippen molar-refractivity contribution in [2.75, 3.05) is 12.0 Å². The molecule has 0 aliphatic carbocycles. The van der Waals surface area contributed by atoms with E-state index in [0.717, 1.165) is 11.3 Å². The number of carbonyl (C=O) groups excluding carboxylic acids is 2. The lowest BCUT2D eigenvalue weighted by molar-refractivity contribution is -0.150. The quantitative estimate of drug-likeness (QED) is 0.721. The molecule has 3 heterocycles. The maximum absolute atomic E-state index is 13.8. The van der Waals surface area contributed by atoms with Crippen molar-refractivity contribution < 1.29 is 18.7 Å². The van der Waals surface area contributed by atoms with Gasteiger partial charge >= 0.3 is 5.97 Å². The average molecular weight is 404 g/mol. The van der Waals surface area contributed by atoms with Gasteiger partial charge in [0, 0.05) is 11.1 Å². The summed E-state index contributed by atoms with van der Waals surface area (Å²) in [7, 11) is 1.27. The second-order valence-electron chi connectivity index (χ2n) is 8.79. The highest BCUT2D eigenvalue weighted by Crippen LogP contribution is 2.56. The standard InChI is InChI=1S/C24H24N2O4/c1-23(2,3)21(27)20-19(17-10-7-13-30-17)24(14-25,22(28)29-4)18-12-11-15-8-5-6-9-16(15)26(18)20/h5-13,18-20H,1-4H3/t18-,19+,20+,24+/m1/s1. The minimum Gasteiger partial charge on any atom is -0.469 e. The molecule has 6 heteroatoms. The number of methoxy groups -OCH3 is 1. The van der Waals surface area contributed by atoms with Crippen LogP contribution in [-0.4, -0.2) is 30.9 Å². The van der Waals surface area contributed by atoms with Crippen LogP contribution in [0.1, 0.15) is 38.0 Å². The number of carbonyl (C=O) groups is 2. The van der Waals surface area contributed by atoms with Crippen molar-refractivity contribution in [1.29, 1.82) is 5.26 Å². The third-order valence-corrected chi connectivity index (χ3v) is 6.11. The summed E-state index contributed by atoms with van der Waals surface area (Å²) in [6.45, 7) is 5.54. The second-order valence-corrected chi connectivity index (χ2v) is 8.79. The van der Waals surface area contributed by atoms with Gasteiger partial charge in [0.05, 0.1) is 31.4 Å². The Bertz CT molecular complexity index is 1060. The number of para-hydroxylation sites is 1. The number of anilines is 1. The zero-order chi connectivity index (χ0) is 21.7. The Balaban J connectivity index is 2.05. The zero-order valence-corrected chi connectivity index (χ0v) is 17.5. The van der Waals surface area contributed by atoms with Crippen LogP contribution in [0.25, 0.3) is 6.08 Å². The molecule has 0 saturated carbocycles. The summed E-state index contributed by atoms with van der Waals surface area (Å²) in [6.07, 6.45) is 5.22. The van der Waals surface area contributed by atoms with E-state index in [1.807, 2.05) is 62.1 Å². The Morgan fingerprint density at radius 3 is 2.53 bits per heavy atom. The molecule has 1 fully saturated rings. The first kappa shape index (κ1) is 20.0. The molecule has 0 amide bonds. The summed E-state index contributed by atoms with van der Waals surface area (Å²) in [6, 6.07) is 11.9. The van der Waals surface area contributed by atoms with Crippen LogP contribution in [-0.2, 0) is 14.3 Å². The summed E-state index contributed by atoms with van der Waals surface area (Å²) in [4.78, 5) is 28.9. The topological polar surface area (TPSA) is 83.5 Å². The van der Waals surface area contributed by atoms with E-state index in [4.69, 9.17) is 9.15 Å². The molecule has 1 aromatic carbocycles. The molecule has 2 aliphatic rings. The Labute approximate surface area is 175 Å². The van der Waals surface area contributed by atoms with E-state index in [2.05, 4.69) is 6.07 Å². The van der Waals surface area contributed by atoms with Crippen molar-refractivity contribution in [2.45, 2.75) is 38.8 Å². The monoisotopic (exact) mass is 404 g/mol. The largest absolute Gasteiger partial charge is 0.469 e. The fourth-order valence-electron chi connectivity index (χ4n) is 4.76. The lowest BCUT2D eigenvalue weighted by Gasteiger charge is -2.37. The maximum atomic E-state index is 13.8. The normalized spacial score (nSPS) is 27.2. The highest BCUT2D eigenvalue weighted by molar-refractivity contribution is 5.99. The Morgan fingerprint density at radius 2 is 1.93 bits per heavy atom. The lowest BCUT2D eigenvalue weighted by Crippen LogP contribution is -2.48. The third-order valence-electron chi connectivity index (χ3n) is 6.11. The van der Waals surface area contributed by atoms with Gasteiger partial charge < -0.3 is 14.1 Å². The van der Waals surface area contributed by atoms with E-state index in [0.29, 0.717) is 5.76 Å². The molecule has 0 bridgehead atoms. The SMILES string of the molecule is COC(=O)[C@]1(C#N)[C@@H](c2ccco2)[C@@H](C(=O)C(C)(C)C)N2c3ccccc3C=C[C@@H]21. The maximum Gasteiger partial charge on any atom is 0.329 e. The lowest BCUT2D eigenvalue weighted by atomic mass is 9.68. The minimum atomic E-state index is -1.64. The van der Waals surface area contributed by atoms with Crippen LogP contribution in [0.5, 0.6) is 0 Å². The van der Waals surface area contributed by atoms with Gasteiger partial charge in [0.25, 0.3) is 0 Å². The Morgan fingerprint density at radius 1 is 1.20 bits per heavy atom. The Kier molecular flexibility index (Phi) is 4.58. The fraction of sp³-hybridized carbons (Fsp3) is 0.375. The molecule has 2 aromatic rings. The van der Waals surface area contributed by atoms with Crippen LogP contribution < -0.4 is 4.90 Å². The van der Waals surface area contributed by atoms with Gasteiger partial charge in [-0.05, 0) is 23.8 Å². The van der Waals surface area contributed by atoms with E-state index in [-0.39, 0.29) is 5.78 Å². The van der Waals surface area contributed by atoms with Gasteiger partial charge in [-0.3, -0.25) is 9.59 Å². The van der Waals surface area contributed by atoms with Crippen LogP contribution in [0.4, 0.5) is 5.69 Å². The number of nitrogens with zero attached hydrogens (tertiary/aromatic N) is 2. The van der Waals surface area contributed by atoms with Gasteiger partial charge in [0.2, 0.25) is 0 Å². The van der Waals surface area contributed by atoms with E-state index in [9.17, 15) is 14.9 Å². The number of rotatable bonds is 3. The van der Waals surface area contributed by atoms with Crippen LogP contribution in [0.2, 0.25) is 0 Å². The van der Waals surface area contributed by atoms with Crippen LogP contribution in [0.15, 0.2) is 53.2 Å². The van der Waals surface area contributed by atoms with Crippen LogP contribution in [0, 0.1) is 22.2 Å². The predicted molar refractivity (Wildman–Crippen MR) is 112 cm³/mol. The molecular formula is C24H24N2O4. The third kappa shape index (κ3) is 2.62. The molecule has 2 aliphatic heterocycles. The zero-order valence-electron chi connectivity index (χ0n) is 17.5. The van der Waals surface area contributed by atoms with Crippen molar-refractivity contribution in [3.8, 4) is 6.07 Å². The van der Waals surface area contributed by atoms with Crippen LogP contribution >= 0.6 is 0 Å². The van der Waals surface area contributed by atoms with E-state index in [1.54, 1.807) is 12.1 Å². The number of hydrogen-bond donors (Lipinski definition) is 0. The van der Waals surface area contributed by atoms with Gasteiger partial charge in [0.15, 0.2) is 11.2 Å². The number of furan rings is 1. The smallest absolute Gasteiger partial charge is 0.329 e. The molecule has 1 aromatic heterocycles. The summed E-state index contributed by atoms with van der Waals surface area (Å²) < 4.78 is 10.8. The number of nitriles is 1. The number of ketones is 1. The molecule has 0 unspecified atom stereocenters. The molecular weight excluding hydrogens is 380 g/mol. The first-order valence-electron chi connectivity index (χ1n) is 9.90. The van der Waals surface area contributed by atoms with Gasteiger partial charge in [-0.2, -0.15) is 5.26 Å². The molecule has 1 saturated heterocycles. The van der Waals surface area contributed by atoms with E-state index >= 15 is 0 Å². The molecule has 4 rings (SSSR count). The number of esters is 1. The first-order valence-corrected chi connectivity index (χ1v) is 9.90. The van der Waals surface area contributed by atoms with Crippen molar-refractivity contribution >= 4 is 23.5 Å². The highest BCUT2D eigenvalue weighted by Gasteiger charge is 2.68. The second kappa shape index (κ2) is 6.88. The average Bonchev–Trinajstić information content (AvgIpc) is 3.36. The van der Waals surface area contributed by atoms with Crippen LogP contribution in [0.3, 0.4) is 0 Å². The molecule has 30 heavy (non-hydrogen) atoms. The van der Waals surface area contributed by atoms with Gasteiger partial charge in [-0.15, -0.1) is 0 Å².